The zero-order chi connectivity index (χ0) is 12.1. The summed E-state index contributed by atoms with van der Waals surface area (Å²) >= 11 is 11.5. The summed E-state index contributed by atoms with van der Waals surface area (Å²) in [5.74, 6) is -1.42. The van der Waals surface area contributed by atoms with Gasteiger partial charge in [-0.1, -0.05) is 29.3 Å². The van der Waals surface area contributed by atoms with Crippen molar-refractivity contribution >= 4 is 35.1 Å². The van der Waals surface area contributed by atoms with Gasteiger partial charge in [0.15, 0.2) is 6.61 Å². The minimum absolute atomic E-state index is 0.0368. The molecule has 86 valence electrons. The Morgan fingerprint density at radius 3 is 2.31 bits per heavy atom. The highest BCUT2D eigenvalue weighted by Crippen LogP contribution is 2.24. The smallest absolute Gasteiger partial charge is 0.344 e. The van der Waals surface area contributed by atoms with E-state index in [1.165, 1.54) is 19.2 Å². The van der Waals surface area contributed by atoms with E-state index in [4.69, 9.17) is 23.2 Å². The second-order valence-corrected chi connectivity index (χ2v) is 3.56. The molecule has 0 bridgehead atoms. The molecule has 0 atom stereocenters. The number of methoxy groups -OCH3 is 1. The average Bonchev–Trinajstić information content (AvgIpc) is 2.25. The summed E-state index contributed by atoms with van der Waals surface area (Å²) < 4.78 is 8.97. The van der Waals surface area contributed by atoms with Crippen LogP contribution in [0.3, 0.4) is 0 Å². The lowest BCUT2D eigenvalue weighted by Gasteiger charge is -2.06. The van der Waals surface area contributed by atoms with Crippen molar-refractivity contribution in [2.24, 2.45) is 0 Å². The van der Waals surface area contributed by atoms with Crippen molar-refractivity contribution in [1.29, 1.82) is 0 Å². The molecule has 0 saturated heterocycles. The van der Waals surface area contributed by atoms with Crippen LogP contribution >= 0.6 is 23.2 Å². The van der Waals surface area contributed by atoms with Crippen molar-refractivity contribution in [2.75, 3.05) is 13.7 Å². The van der Waals surface area contributed by atoms with Crippen LogP contribution in [0.15, 0.2) is 18.2 Å². The number of rotatable bonds is 3. The minimum atomic E-state index is -0.763. The van der Waals surface area contributed by atoms with Crippen molar-refractivity contribution in [3.63, 3.8) is 0 Å². The fourth-order valence-electron chi connectivity index (χ4n) is 0.948. The van der Waals surface area contributed by atoms with Crippen LogP contribution in [-0.2, 0) is 14.3 Å². The Labute approximate surface area is 102 Å². The first-order chi connectivity index (χ1) is 7.56. The van der Waals surface area contributed by atoms with Crippen molar-refractivity contribution < 1.29 is 19.1 Å². The van der Waals surface area contributed by atoms with Gasteiger partial charge in [0, 0.05) is 0 Å². The van der Waals surface area contributed by atoms with Gasteiger partial charge in [-0.05, 0) is 12.1 Å². The Kier molecular flexibility index (Phi) is 4.58. The molecule has 16 heavy (non-hydrogen) atoms. The van der Waals surface area contributed by atoms with E-state index >= 15 is 0 Å². The lowest BCUT2D eigenvalue weighted by molar-refractivity contribution is -0.144. The molecule has 4 nitrogen and oxygen atoms in total. The van der Waals surface area contributed by atoms with Crippen LogP contribution in [0.2, 0.25) is 10.0 Å². The Balaban J connectivity index is 2.77. The second kappa shape index (κ2) is 5.72. The van der Waals surface area contributed by atoms with Crippen LogP contribution in [0, 0.1) is 0 Å². The first-order valence-corrected chi connectivity index (χ1v) is 4.99. The van der Waals surface area contributed by atoms with Crippen molar-refractivity contribution in [3.05, 3.63) is 33.8 Å². The summed E-state index contributed by atoms with van der Waals surface area (Å²) in [5.41, 5.74) is 0.0368. The summed E-state index contributed by atoms with van der Waals surface area (Å²) in [7, 11) is 1.19. The van der Waals surface area contributed by atoms with Crippen LogP contribution in [0.4, 0.5) is 0 Å². The first kappa shape index (κ1) is 12.8. The molecule has 1 aromatic carbocycles. The molecule has 0 heterocycles. The van der Waals surface area contributed by atoms with E-state index in [0.29, 0.717) is 0 Å². The maximum absolute atomic E-state index is 11.5. The van der Waals surface area contributed by atoms with E-state index in [0.717, 1.165) is 0 Å². The molecule has 0 aliphatic heterocycles. The topological polar surface area (TPSA) is 52.6 Å². The molecule has 0 saturated carbocycles. The molecule has 1 aromatic rings. The highest BCUT2D eigenvalue weighted by atomic mass is 35.5. The molecule has 0 spiro atoms. The summed E-state index contributed by atoms with van der Waals surface area (Å²) in [6, 6.07) is 4.60. The molecule has 0 aliphatic carbocycles. The molecule has 6 heteroatoms. The van der Waals surface area contributed by atoms with Gasteiger partial charge in [0.05, 0.1) is 22.7 Å². The lowest BCUT2D eigenvalue weighted by Crippen LogP contribution is -2.15. The van der Waals surface area contributed by atoms with Crippen molar-refractivity contribution in [1.82, 2.24) is 0 Å². The van der Waals surface area contributed by atoms with Gasteiger partial charge in [-0.3, -0.25) is 0 Å². The minimum Gasteiger partial charge on any atom is -0.466 e. The second-order valence-electron chi connectivity index (χ2n) is 2.75. The molecule has 0 unspecified atom stereocenters. The monoisotopic (exact) mass is 262 g/mol. The maximum Gasteiger partial charge on any atom is 0.344 e. The van der Waals surface area contributed by atoms with Crippen LogP contribution in [0.25, 0.3) is 0 Å². The zero-order valence-corrected chi connectivity index (χ0v) is 9.84. The van der Waals surface area contributed by atoms with Gasteiger partial charge < -0.3 is 9.47 Å². The number of halogens is 2. The standard InChI is InChI=1S/C10H8Cl2O4/c1-15-8(13)5-16-10(14)9-6(11)3-2-4-7(9)12/h2-4H,5H2,1H3. The number of carbonyl (C=O) groups is 2. The molecule has 0 fully saturated rings. The third kappa shape index (κ3) is 3.12. The molecular weight excluding hydrogens is 255 g/mol. The van der Waals surface area contributed by atoms with Gasteiger partial charge in [0.25, 0.3) is 0 Å². The number of hydrogen-bond donors (Lipinski definition) is 0. The molecule has 1 rings (SSSR count). The fourth-order valence-corrected chi connectivity index (χ4v) is 1.50. The number of esters is 2. The lowest BCUT2D eigenvalue weighted by atomic mass is 10.2. The summed E-state index contributed by atoms with van der Waals surface area (Å²) in [6.45, 7) is -0.475. The molecular formula is C10H8Cl2O4. The highest BCUT2D eigenvalue weighted by molar-refractivity contribution is 6.39. The van der Waals surface area contributed by atoms with E-state index in [9.17, 15) is 9.59 Å². The van der Waals surface area contributed by atoms with Crippen LogP contribution in [0.5, 0.6) is 0 Å². The third-order valence-electron chi connectivity index (χ3n) is 1.72. The fraction of sp³-hybridized carbons (Fsp3) is 0.200. The van der Waals surface area contributed by atoms with Crippen LogP contribution < -0.4 is 0 Å². The average molecular weight is 263 g/mol. The highest BCUT2D eigenvalue weighted by Gasteiger charge is 2.17. The quantitative estimate of drug-likeness (QED) is 0.785. The Morgan fingerprint density at radius 2 is 1.81 bits per heavy atom. The first-order valence-electron chi connectivity index (χ1n) is 4.24. The van der Waals surface area contributed by atoms with Crippen LogP contribution in [-0.4, -0.2) is 25.7 Å². The van der Waals surface area contributed by atoms with Gasteiger partial charge in [-0.15, -0.1) is 0 Å². The third-order valence-corrected chi connectivity index (χ3v) is 2.35. The van der Waals surface area contributed by atoms with E-state index in [-0.39, 0.29) is 15.6 Å². The number of ether oxygens (including phenoxy) is 2. The van der Waals surface area contributed by atoms with Gasteiger partial charge in [0.1, 0.15) is 0 Å². The molecule has 0 amide bonds. The van der Waals surface area contributed by atoms with Gasteiger partial charge >= 0.3 is 11.9 Å². The summed E-state index contributed by atoms with van der Waals surface area (Å²) in [6.07, 6.45) is 0. The van der Waals surface area contributed by atoms with E-state index in [2.05, 4.69) is 9.47 Å². The van der Waals surface area contributed by atoms with Gasteiger partial charge in [0.2, 0.25) is 0 Å². The largest absolute Gasteiger partial charge is 0.466 e. The van der Waals surface area contributed by atoms with Crippen molar-refractivity contribution in [2.45, 2.75) is 0 Å². The normalized spacial score (nSPS) is 9.69. The summed E-state index contributed by atoms with van der Waals surface area (Å²) in [4.78, 5) is 22.3. The predicted molar refractivity (Wildman–Crippen MR) is 58.8 cm³/mol. The predicted octanol–water partition coefficient (Wildman–Crippen LogP) is 2.32. The van der Waals surface area contributed by atoms with Crippen LogP contribution in [0.1, 0.15) is 10.4 Å². The Hall–Kier alpha value is -1.26. The molecule has 0 N–H and O–H groups in total. The molecule has 0 radical (unpaired) electrons. The SMILES string of the molecule is COC(=O)COC(=O)c1c(Cl)cccc1Cl. The van der Waals surface area contributed by atoms with Gasteiger partial charge in [-0.25, -0.2) is 9.59 Å². The van der Waals surface area contributed by atoms with E-state index < -0.39 is 18.5 Å². The molecule has 0 aromatic heterocycles. The maximum atomic E-state index is 11.5. The Morgan fingerprint density at radius 1 is 1.25 bits per heavy atom. The van der Waals surface area contributed by atoms with E-state index in [1.807, 2.05) is 0 Å². The number of benzene rings is 1. The van der Waals surface area contributed by atoms with E-state index in [1.54, 1.807) is 6.07 Å². The Bertz CT molecular complexity index is 397. The van der Waals surface area contributed by atoms with Gasteiger partial charge in [-0.2, -0.15) is 0 Å². The zero-order valence-electron chi connectivity index (χ0n) is 8.33. The number of hydrogen-bond acceptors (Lipinski definition) is 4. The summed E-state index contributed by atoms with van der Waals surface area (Å²) in [5, 5.41) is 0.338. The molecule has 0 aliphatic rings. The number of carbonyl (C=O) groups excluding carboxylic acids is 2. The van der Waals surface area contributed by atoms with Crippen molar-refractivity contribution in [3.8, 4) is 0 Å².